The van der Waals surface area contributed by atoms with Crippen molar-refractivity contribution < 1.29 is 14.3 Å². The van der Waals surface area contributed by atoms with Gasteiger partial charge in [-0.05, 0) is 0 Å². The molecule has 3 rings (SSSR count). The van der Waals surface area contributed by atoms with Gasteiger partial charge < -0.3 is 19.7 Å². The van der Waals surface area contributed by atoms with Gasteiger partial charge in [-0.15, -0.1) is 6.58 Å². The van der Waals surface area contributed by atoms with Crippen LogP contribution >= 0.6 is 0 Å². The maximum Gasteiger partial charge on any atom is 0.271 e. The van der Waals surface area contributed by atoms with Crippen molar-refractivity contribution in [2.24, 2.45) is 0 Å². The lowest BCUT2D eigenvalue weighted by Gasteiger charge is -2.37. The number of hydrogen-bond acceptors (Lipinski definition) is 6. The Labute approximate surface area is 129 Å². The molecule has 1 aromatic heterocycles. The van der Waals surface area contributed by atoms with E-state index in [-0.39, 0.29) is 5.91 Å². The Hall–Kier alpha value is -1.99. The summed E-state index contributed by atoms with van der Waals surface area (Å²) in [7, 11) is 0. The van der Waals surface area contributed by atoms with Gasteiger partial charge in [0.1, 0.15) is 11.5 Å². The first-order valence-corrected chi connectivity index (χ1v) is 7.46. The number of ether oxygens (including phenoxy) is 2. The highest BCUT2D eigenvalue weighted by Gasteiger charge is 2.40. The van der Waals surface area contributed by atoms with Crippen LogP contribution in [0.4, 0.5) is 5.82 Å². The van der Waals surface area contributed by atoms with Gasteiger partial charge >= 0.3 is 0 Å². The van der Waals surface area contributed by atoms with Gasteiger partial charge in [0, 0.05) is 32.5 Å². The van der Waals surface area contributed by atoms with Crippen LogP contribution < -0.4 is 10.2 Å². The number of rotatable bonds is 4. The Morgan fingerprint density at radius 1 is 1.32 bits per heavy atom. The summed E-state index contributed by atoms with van der Waals surface area (Å²) in [5, 5.41) is 2.67. The molecular formula is C15H20N4O3. The molecule has 1 N–H and O–H groups in total. The molecule has 1 aromatic rings. The third-order valence-electron chi connectivity index (χ3n) is 3.94. The minimum Gasteiger partial charge on any atom is -0.355 e. The average molecular weight is 304 g/mol. The molecule has 22 heavy (non-hydrogen) atoms. The molecule has 2 fully saturated rings. The number of nitrogens with zero attached hydrogens (tertiary/aromatic N) is 3. The quantitative estimate of drug-likeness (QED) is 0.827. The molecule has 0 unspecified atom stereocenters. The minimum absolute atomic E-state index is 0.246. The highest BCUT2D eigenvalue weighted by atomic mass is 16.7. The van der Waals surface area contributed by atoms with E-state index < -0.39 is 5.79 Å². The molecule has 2 saturated heterocycles. The highest BCUT2D eigenvalue weighted by Crippen LogP contribution is 2.32. The molecule has 118 valence electrons. The van der Waals surface area contributed by atoms with Gasteiger partial charge in [-0.3, -0.25) is 4.79 Å². The molecule has 0 atom stereocenters. The number of nitrogens with one attached hydrogen (secondary N) is 1. The fourth-order valence-corrected chi connectivity index (χ4v) is 2.72. The molecule has 7 heteroatoms. The van der Waals surface area contributed by atoms with Crippen LogP contribution in [0.2, 0.25) is 0 Å². The SMILES string of the molecule is C=CCNC(=O)c1cnc(N2CCC3(CC2)OCCO3)cn1. The van der Waals surface area contributed by atoms with Crippen LogP contribution in [0.5, 0.6) is 0 Å². The van der Waals surface area contributed by atoms with Crippen molar-refractivity contribution in [1.29, 1.82) is 0 Å². The van der Waals surface area contributed by atoms with Crippen LogP contribution in [0.15, 0.2) is 25.0 Å². The summed E-state index contributed by atoms with van der Waals surface area (Å²) in [6.45, 7) is 6.92. The molecule has 7 nitrogen and oxygen atoms in total. The molecular weight excluding hydrogens is 284 g/mol. The summed E-state index contributed by atoms with van der Waals surface area (Å²) in [6, 6.07) is 0. The summed E-state index contributed by atoms with van der Waals surface area (Å²) in [6.07, 6.45) is 6.39. The van der Waals surface area contributed by atoms with E-state index in [2.05, 4.69) is 26.8 Å². The Kier molecular flexibility index (Phi) is 4.35. The maximum absolute atomic E-state index is 11.8. The second-order valence-corrected chi connectivity index (χ2v) is 5.35. The number of anilines is 1. The van der Waals surface area contributed by atoms with Crippen molar-refractivity contribution in [3.8, 4) is 0 Å². The van der Waals surface area contributed by atoms with Crippen LogP contribution in [-0.2, 0) is 9.47 Å². The molecule has 0 saturated carbocycles. The van der Waals surface area contributed by atoms with Crippen LogP contribution in [0.1, 0.15) is 23.3 Å². The van der Waals surface area contributed by atoms with Crippen LogP contribution in [-0.4, -0.2) is 54.5 Å². The number of hydrogen-bond donors (Lipinski definition) is 1. The third kappa shape index (κ3) is 3.10. The predicted molar refractivity (Wildman–Crippen MR) is 80.6 cm³/mol. The van der Waals surface area contributed by atoms with Crippen molar-refractivity contribution in [3.63, 3.8) is 0 Å². The predicted octanol–water partition coefficient (Wildman–Crippen LogP) is 0.736. The topological polar surface area (TPSA) is 76.6 Å². The minimum atomic E-state index is -0.394. The van der Waals surface area contributed by atoms with Crippen molar-refractivity contribution in [1.82, 2.24) is 15.3 Å². The van der Waals surface area contributed by atoms with E-state index in [4.69, 9.17) is 9.47 Å². The van der Waals surface area contributed by atoms with Gasteiger partial charge in [0.05, 0.1) is 25.6 Å². The second-order valence-electron chi connectivity index (χ2n) is 5.35. The molecule has 1 spiro atoms. The Bertz CT molecular complexity index is 530. The average Bonchev–Trinajstić information content (AvgIpc) is 3.02. The normalized spacial score (nSPS) is 20.1. The fourth-order valence-electron chi connectivity index (χ4n) is 2.72. The first-order chi connectivity index (χ1) is 10.7. The summed E-state index contributed by atoms with van der Waals surface area (Å²) in [4.78, 5) is 22.4. The molecule has 2 aliphatic rings. The Balaban J connectivity index is 1.59. The zero-order chi connectivity index (χ0) is 15.4. The van der Waals surface area contributed by atoms with E-state index in [1.807, 2.05) is 0 Å². The van der Waals surface area contributed by atoms with Crippen LogP contribution in [0, 0.1) is 0 Å². The summed E-state index contributed by atoms with van der Waals surface area (Å²) in [5.74, 6) is 0.131. The molecule has 0 aliphatic carbocycles. The lowest BCUT2D eigenvalue weighted by atomic mass is 10.0. The number of carbonyl (C=O) groups is 1. The van der Waals surface area contributed by atoms with Crippen molar-refractivity contribution >= 4 is 11.7 Å². The monoisotopic (exact) mass is 304 g/mol. The molecule has 3 heterocycles. The van der Waals surface area contributed by atoms with Crippen LogP contribution in [0.25, 0.3) is 0 Å². The van der Waals surface area contributed by atoms with E-state index in [1.165, 1.54) is 6.20 Å². The Morgan fingerprint density at radius 3 is 2.64 bits per heavy atom. The second kappa shape index (κ2) is 6.41. The number of piperidine rings is 1. The van der Waals surface area contributed by atoms with E-state index in [0.29, 0.717) is 25.5 Å². The van der Waals surface area contributed by atoms with Crippen LogP contribution in [0.3, 0.4) is 0 Å². The van der Waals surface area contributed by atoms with E-state index >= 15 is 0 Å². The number of amides is 1. The largest absolute Gasteiger partial charge is 0.355 e. The standard InChI is InChI=1S/C15H20N4O3/c1-2-5-16-14(20)12-10-18-13(11-17-12)19-6-3-15(4-7-19)21-8-9-22-15/h2,10-11H,1,3-9H2,(H,16,20). The molecule has 0 radical (unpaired) electrons. The Morgan fingerprint density at radius 2 is 2.05 bits per heavy atom. The molecule has 0 aromatic carbocycles. The summed E-state index contributed by atoms with van der Waals surface area (Å²) in [5.41, 5.74) is 0.307. The number of carbonyl (C=O) groups excluding carboxylic acids is 1. The van der Waals surface area contributed by atoms with Gasteiger partial charge in [-0.1, -0.05) is 6.08 Å². The lowest BCUT2D eigenvalue weighted by molar-refractivity contribution is -0.169. The smallest absolute Gasteiger partial charge is 0.271 e. The maximum atomic E-state index is 11.8. The summed E-state index contributed by atoms with van der Waals surface area (Å²) >= 11 is 0. The third-order valence-corrected chi connectivity index (χ3v) is 3.94. The molecule has 1 amide bonds. The summed E-state index contributed by atoms with van der Waals surface area (Å²) < 4.78 is 11.4. The van der Waals surface area contributed by atoms with Crippen molar-refractivity contribution in [2.75, 3.05) is 37.7 Å². The highest BCUT2D eigenvalue weighted by molar-refractivity contribution is 5.92. The fraction of sp³-hybridized carbons (Fsp3) is 0.533. The van der Waals surface area contributed by atoms with E-state index in [1.54, 1.807) is 12.3 Å². The zero-order valence-electron chi connectivity index (χ0n) is 12.5. The number of aromatic nitrogens is 2. The first-order valence-electron chi connectivity index (χ1n) is 7.46. The van der Waals surface area contributed by atoms with Gasteiger partial charge in [-0.2, -0.15) is 0 Å². The van der Waals surface area contributed by atoms with E-state index in [0.717, 1.165) is 31.7 Å². The van der Waals surface area contributed by atoms with Gasteiger partial charge in [0.2, 0.25) is 0 Å². The lowest BCUT2D eigenvalue weighted by Crippen LogP contribution is -2.45. The van der Waals surface area contributed by atoms with E-state index in [9.17, 15) is 4.79 Å². The molecule has 2 aliphatic heterocycles. The van der Waals surface area contributed by atoms with Crippen molar-refractivity contribution in [2.45, 2.75) is 18.6 Å². The van der Waals surface area contributed by atoms with Gasteiger partial charge in [0.15, 0.2) is 5.79 Å². The van der Waals surface area contributed by atoms with Gasteiger partial charge in [-0.25, -0.2) is 9.97 Å². The van der Waals surface area contributed by atoms with Crippen molar-refractivity contribution in [3.05, 3.63) is 30.7 Å². The first kappa shape index (κ1) is 14.9. The van der Waals surface area contributed by atoms with Gasteiger partial charge in [0.25, 0.3) is 5.91 Å². The molecule has 0 bridgehead atoms. The zero-order valence-corrected chi connectivity index (χ0v) is 12.5.